The van der Waals surface area contributed by atoms with Crippen molar-refractivity contribution in [3.63, 3.8) is 0 Å². The summed E-state index contributed by atoms with van der Waals surface area (Å²) in [6, 6.07) is 13.3. The van der Waals surface area contributed by atoms with E-state index in [1.807, 2.05) is 36.7 Å². The van der Waals surface area contributed by atoms with E-state index in [1.54, 1.807) is 7.11 Å². The van der Waals surface area contributed by atoms with Crippen LogP contribution in [0.3, 0.4) is 0 Å². The van der Waals surface area contributed by atoms with Crippen LogP contribution in [0, 0.1) is 5.92 Å². The molecule has 1 aromatic heterocycles. The number of hydrogen-bond donors (Lipinski definition) is 0. The molecule has 24 heavy (non-hydrogen) atoms. The molecule has 126 valence electrons. The molecule has 0 radical (unpaired) electrons. The van der Waals surface area contributed by atoms with E-state index in [-0.39, 0.29) is 0 Å². The quantitative estimate of drug-likeness (QED) is 0.814. The minimum absolute atomic E-state index is 0.503. The SMILES string of the molecule is COc1cccc(OC[C@H]2C3CCC(C3)N2Cc2ccncc2)c1. The van der Waals surface area contributed by atoms with Crippen LogP contribution in [-0.2, 0) is 6.54 Å². The highest BCUT2D eigenvalue weighted by Crippen LogP contribution is 2.43. The number of likely N-dealkylation sites (tertiary alicyclic amines) is 1. The summed E-state index contributed by atoms with van der Waals surface area (Å²) in [4.78, 5) is 6.77. The van der Waals surface area contributed by atoms with E-state index in [1.165, 1.54) is 24.8 Å². The Hall–Kier alpha value is -2.07. The Morgan fingerprint density at radius 1 is 1.12 bits per heavy atom. The topological polar surface area (TPSA) is 34.6 Å². The van der Waals surface area contributed by atoms with Gasteiger partial charge in [0.05, 0.1) is 7.11 Å². The zero-order chi connectivity index (χ0) is 16.4. The first-order valence-electron chi connectivity index (χ1n) is 8.75. The third-order valence-corrected chi connectivity index (χ3v) is 5.46. The first-order valence-corrected chi connectivity index (χ1v) is 8.75. The molecule has 2 unspecified atom stereocenters. The monoisotopic (exact) mass is 324 g/mol. The van der Waals surface area contributed by atoms with Crippen molar-refractivity contribution in [3.05, 3.63) is 54.4 Å². The predicted octanol–water partition coefficient (Wildman–Crippen LogP) is 3.52. The largest absolute Gasteiger partial charge is 0.497 e. The second-order valence-corrected chi connectivity index (χ2v) is 6.81. The number of hydrogen-bond acceptors (Lipinski definition) is 4. The van der Waals surface area contributed by atoms with Gasteiger partial charge in [-0.3, -0.25) is 9.88 Å². The smallest absolute Gasteiger partial charge is 0.123 e. The fourth-order valence-corrected chi connectivity index (χ4v) is 4.23. The number of aromatic nitrogens is 1. The molecule has 4 heteroatoms. The van der Waals surface area contributed by atoms with E-state index < -0.39 is 0 Å². The van der Waals surface area contributed by atoms with E-state index in [0.717, 1.165) is 30.6 Å². The summed E-state index contributed by atoms with van der Waals surface area (Å²) in [6.07, 6.45) is 7.74. The summed E-state index contributed by atoms with van der Waals surface area (Å²) in [6.45, 7) is 1.75. The van der Waals surface area contributed by atoms with Gasteiger partial charge in [0, 0.05) is 37.1 Å². The minimum atomic E-state index is 0.503. The van der Waals surface area contributed by atoms with Gasteiger partial charge in [0.25, 0.3) is 0 Å². The van der Waals surface area contributed by atoms with Gasteiger partial charge in [-0.15, -0.1) is 0 Å². The van der Waals surface area contributed by atoms with Gasteiger partial charge in [-0.1, -0.05) is 6.07 Å². The van der Waals surface area contributed by atoms with E-state index in [9.17, 15) is 0 Å². The Morgan fingerprint density at radius 2 is 1.96 bits per heavy atom. The first-order chi connectivity index (χ1) is 11.8. The molecule has 1 aliphatic carbocycles. The number of methoxy groups -OCH3 is 1. The molecule has 1 saturated heterocycles. The van der Waals surface area contributed by atoms with Crippen molar-refractivity contribution in [1.29, 1.82) is 0 Å². The van der Waals surface area contributed by atoms with Gasteiger partial charge in [0.1, 0.15) is 18.1 Å². The number of rotatable bonds is 6. The minimum Gasteiger partial charge on any atom is -0.497 e. The third kappa shape index (κ3) is 3.11. The van der Waals surface area contributed by atoms with Gasteiger partial charge < -0.3 is 9.47 Å². The van der Waals surface area contributed by atoms with Gasteiger partial charge in [0.2, 0.25) is 0 Å². The molecule has 1 saturated carbocycles. The molecule has 1 aromatic carbocycles. The van der Waals surface area contributed by atoms with Crippen molar-refractivity contribution in [2.24, 2.45) is 5.92 Å². The molecule has 2 heterocycles. The number of ether oxygens (including phenoxy) is 2. The number of benzene rings is 1. The highest BCUT2D eigenvalue weighted by Gasteiger charge is 2.45. The van der Waals surface area contributed by atoms with Crippen LogP contribution in [0.15, 0.2) is 48.8 Å². The molecule has 0 N–H and O–H groups in total. The van der Waals surface area contributed by atoms with Crippen LogP contribution in [0.25, 0.3) is 0 Å². The summed E-state index contributed by atoms with van der Waals surface area (Å²) < 4.78 is 11.4. The van der Waals surface area contributed by atoms with Gasteiger partial charge in [0.15, 0.2) is 0 Å². The number of fused-ring (bicyclic) bond motifs is 2. The van der Waals surface area contributed by atoms with E-state index in [2.05, 4.69) is 22.0 Å². The van der Waals surface area contributed by atoms with Gasteiger partial charge in [-0.05, 0) is 55.0 Å². The average molecular weight is 324 g/mol. The van der Waals surface area contributed by atoms with E-state index in [0.29, 0.717) is 12.1 Å². The normalized spacial score (nSPS) is 25.8. The molecule has 2 aromatic rings. The lowest BCUT2D eigenvalue weighted by Gasteiger charge is -2.35. The second kappa shape index (κ2) is 6.81. The highest BCUT2D eigenvalue weighted by molar-refractivity contribution is 5.32. The summed E-state index contributed by atoms with van der Waals surface area (Å²) in [5.74, 6) is 2.50. The van der Waals surface area contributed by atoms with Crippen molar-refractivity contribution in [3.8, 4) is 11.5 Å². The summed E-state index contributed by atoms with van der Waals surface area (Å²) in [7, 11) is 1.69. The van der Waals surface area contributed by atoms with Crippen LogP contribution in [0.5, 0.6) is 11.5 Å². The van der Waals surface area contributed by atoms with Crippen molar-refractivity contribution < 1.29 is 9.47 Å². The van der Waals surface area contributed by atoms with Crippen LogP contribution in [0.1, 0.15) is 24.8 Å². The van der Waals surface area contributed by atoms with Gasteiger partial charge in [-0.25, -0.2) is 0 Å². The lowest BCUT2D eigenvalue weighted by molar-refractivity contribution is 0.0866. The zero-order valence-corrected chi connectivity index (χ0v) is 14.1. The molecule has 0 spiro atoms. The van der Waals surface area contributed by atoms with Crippen LogP contribution in [-0.4, -0.2) is 35.7 Å². The first kappa shape index (κ1) is 15.5. The third-order valence-electron chi connectivity index (χ3n) is 5.46. The number of piperidine rings is 1. The van der Waals surface area contributed by atoms with Crippen molar-refractivity contribution >= 4 is 0 Å². The van der Waals surface area contributed by atoms with Crippen LogP contribution < -0.4 is 9.47 Å². The van der Waals surface area contributed by atoms with E-state index in [4.69, 9.17) is 9.47 Å². The van der Waals surface area contributed by atoms with Crippen LogP contribution in [0.2, 0.25) is 0 Å². The molecule has 0 amide bonds. The lowest BCUT2D eigenvalue weighted by Crippen LogP contribution is -2.43. The summed E-state index contributed by atoms with van der Waals surface area (Å²) in [5, 5.41) is 0. The molecule has 2 aliphatic rings. The lowest BCUT2D eigenvalue weighted by atomic mass is 9.99. The molecule has 2 bridgehead atoms. The van der Waals surface area contributed by atoms with Crippen LogP contribution in [0.4, 0.5) is 0 Å². The molecular weight excluding hydrogens is 300 g/mol. The highest BCUT2D eigenvalue weighted by atomic mass is 16.5. The van der Waals surface area contributed by atoms with Crippen molar-refractivity contribution in [2.45, 2.75) is 37.9 Å². The standard InChI is InChI=1S/C20H24N2O2/c1-23-18-3-2-4-19(12-18)24-14-20-16-5-6-17(11-16)22(20)13-15-7-9-21-10-8-15/h2-4,7-10,12,16-17,20H,5-6,11,13-14H2,1H3/t16?,17?,20-/m0/s1. The molecule has 1 aliphatic heterocycles. The Balaban J connectivity index is 1.44. The molecule has 4 rings (SSSR count). The summed E-state index contributed by atoms with van der Waals surface area (Å²) in [5.41, 5.74) is 1.34. The van der Waals surface area contributed by atoms with Gasteiger partial charge >= 0.3 is 0 Å². The number of nitrogens with zero attached hydrogens (tertiary/aromatic N) is 2. The Kier molecular flexibility index (Phi) is 4.39. The maximum Gasteiger partial charge on any atom is 0.123 e. The molecule has 3 atom stereocenters. The Labute approximate surface area is 143 Å². The maximum atomic E-state index is 6.12. The predicted molar refractivity (Wildman–Crippen MR) is 93.2 cm³/mol. The van der Waals surface area contributed by atoms with E-state index >= 15 is 0 Å². The molecular formula is C20H24N2O2. The fraction of sp³-hybridized carbons (Fsp3) is 0.450. The van der Waals surface area contributed by atoms with Crippen molar-refractivity contribution in [1.82, 2.24) is 9.88 Å². The second-order valence-electron chi connectivity index (χ2n) is 6.81. The average Bonchev–Trinajstić information content (AvgIpc) is 3.23. The summed E-state index contributed by atoms with van der Waals surface area (Å²) >= 11 is 0. The number of pyridine rings is 1. The van der Waals surface area contributed by atoms with Crippen LogP contribution >= 0.6 is 0 Å². The van der Waals surface area contributed by atoms with Crippen molar-refractivity contribution in [2.75, 3.05) is 13.7 Å². The molecule has 4 nitrogen and oxygen atoms in total. The zero-order valence-electron chi connectivity index (χ0n) is 14.1. The van der Waals surface area contributed by atoms with Gasteiger partial charge in [-0.2, -0.15) is 0 Å². The maximum absolute atomic E-state index is 6.12. The Bertz CT molecular complexity index is 676. The Morgan fingerprint density at radius 3 is 2.79 bits per heavy atom. The fourth-order valence-electron chi connectivity index (χ4n) is 4.23. The molecule has 2 fully saturated rings.